The van der Waals surface area contributed by atoms with Crippen LogP contribution in [0.1, 0.15) is 56.6 Å². The van der Waals surface area contributed by atoms with Crippen molar-refractivity contribution >= 4 is 5.91 Å². The van der Waals surface area contributed by atoms with Crippen LogP contribution in [0.4, 0.5) is 0 Å². The number of aliphatic hydroxyl groups is 1. The van der Waals surface area contributed by atoms with Gasteiger partial charge in [0, 0.05) is 35.8 Å². The first-order valence-electron chi connectivity index (χ1n) is 11.1. The molecule has 1 amide bonds. The Bertz CT molecular complexity index is 1060. The lowest BCUT2D eigenvalue weighted by Gasteiger charge is -2.34. The summed E-state index contributed by atoms with van der Waals surface area (Å²) < 4.78 is 13.7. The number of ether oxygens (including phenoxy) is 2. The SMILES string of the molecule is CCNC(=O)c1cn2c(cc1=O)-c1cc(OC)c(OCC(C)(C)CO)cc1CC2C(C)C. The van der Waals surface area contributed by atoms with Gasteiger partial charge in [0.1, 0.15) is 5.56 Å². The van der Waals surface area contributed by atoms with E-state index in [1.807, 2.05) is 37.5 Å². The van der Waals surface area contributed by atoms with Crippen molar-refractivity contribution in [3.05, 3.63) is 45.7 Å². The van der Waals surface area contributed by atoms with E-state index in [9.17, 15) is 14.7 Å². The average Bonchev–Trinajstić information content (AvgIpc) is 2.76. The molecule has 1 aromatic heterocycles. The van der Waals surface area contributed by atoms with E-state index in [1.54, 1.807) is 19.4 Å². The molecule has 1 aromatic carbocycles. The lowest BCUT2D eigenvalue weighted by atomic mass is 9.87. The first-order chi connectivity index (χ1) is 15.1. The number of methoxy groups -OCH3 is 1. The van der Waals surface area contributed by atoms with Gasteiger partial charge in [-0.05, 0) is 37.0 Å². The van der Waals surface area contributed by atoms with Crippen molar-refractivity contribution in [1.29, 1.82) is 0 Å². The number of aromatic nitrogens is 1. The Kier molecular flexibility index (Phi) is 6.98. The monoisotopic (exact) mass is 442 g/mol. The second-order valence-electron chi connectivity index (χ2n) is 9.49. The third-order valence-corrected chi connectivity index (χ3v) is 5.93. The maximum absolute atomic E-state index is 12.8. The molecule has 3 rings (SSSR count). The molecule has 2 aromatic rings. The summed E-state index contributed by atoms with van der Waals surface area (Å²) in [5.41, 5.74) is 2.20. The molecule has 1 aliphatic heterocycles. The second-order valence-corrected chi connectivity index (χ2v) is 9.49. The molecule has 0 fully saturated rings. The zero-order valence-corrected chi connectivity index (χ0v) is 19.8. The van der Waals surface area contributed by atoms with Crippen LogP contribution in [0, 0.1) is 11.3 Å². The van der Waals surface area contributed by atoms with Crippen molar-refractivity contribution in [2.45, 2.75) is 47.1 Å². The molecule has 2 heterocycles. The van der Waals surface area contributed by atoms with Crippen molar-refractivity contribution in [3.63, 3.8) is 0 Å². The fourth-order valence-electron chi connectivity index (χ4n) is 3.95. The number of fused-ring (bicyclic) bond motifs is 3. The molecule has 2 N–H and O–H groups in total. The minimum atomic E-state index is -0.378. The van der Waals surface area contributed by atoms with Gasteiger partial charge in [-0.25, -0.2) is 0 Å². The molecular formula is C25H34N2O5. The average molecular weight is 443 g/mol. The normalized spacial score (nSPS) is 15.2. The van der Waals surface area contributed by atoms with Crippen LogP contribution in [0.3, 0.4) is 0 Å². The summed E-state index contributed by atoms with van der Waals surface area (Å²) in [4.78, 5) is 25.2. The summed E-state index contributed by atoms with van der Waals surface area (Å²) in [6, 6.07) is 5.50. The van der Waals surface area contributed by atoms with Gasteiger partial charge in [-0.1, -0.05) is 27.7 Å². The van der Waals surface area contributed by atoms with E-state index in [0.29, 0.717) is 24.7 Å². The van der Waals surface area contributed by atoms with Crippen molar-refractivity contribution in [2.75, 3.05) is 26.9 Å². The molecule has 0 saturated heterocycles. The Morgan fingerprint density at radius 3 is 2.59 bits per heavy atom. The predicted molar refractivity (Wildman–Crippen MR) is 125 cm³/mol. The standard InChI is InChI=1S/C25H34N2O5/c1-7-26-24(30)18-12-27-19(15(2)3)8-16-9-23(32-14-25(4,5)13-28)22(31-6)10-17(16)20(27)11-21(18)29/h9-12,15,19,28H,7-8,13-14H2,1-6H3,(H,26,30). The Morgan fingerprint density at radius 1 is 1.28 bits per heavy atom. The zero-order chi connectivity index (χ0) is 23.6. The van der Waals surface area contributed by atoms with Crippen LogP contribution in [-0.2, 0) is 6.42 Å². The van der Waals surface area contributed by atoms with Gasteiger partial charge in [0.25, 0.3) is 5.91 Å². The molecule has 0 bridgehead atoms. The minimum Gasteiger partial charge on any atom is -0.493 e. The largest absolute Gasteiger partial charge is 0.493 e. The number of hydrogen-bond acceptors (Lipinski definition) is 5. The topological polar surface area (TPSA) is 89.8 Å². The van der Waals surface area contributed by atoms with E-state index in [1.165, 1.54) is 0 Å². The van der Waals surface area contributed by atoms with E-state index in [0.717, 1.165) is 23.2 Å². The van der Waals surface area contributed by atoms with E-state index in [-0.39, 0.29) is 40.9 Å². The number of hydrogen-bond donors (Lipinski definition) is 2. The van der Waals surface area contributed by atoms with Crippen molar-refractivity contribution in [3.8, 4) is 22.8 Å². The number of carbonyl (C=O) groups is 1. The molecule has 0 aliphatic carbocycles. The van der Waals surface area contributed by atoms with Crippen LogP contribution in [-0.4, -0.2) is 42.4 Å². The van der Waals surface area contributed by atoms with E-state index >= 15 is 0 Å². The molecule has 1 unspecified atom stereocenters. The summed E-state index contributed by atoms with van der Waals surface area (Å²) in [7, 11) is 1.58. The maximum Gasteiger partial charge on any atom is 0.256 e. The summed E-state index contributed by atoms with van der Waals surface area (Å²) in [6.45, 7) is 10.8. The lowest BCUT2D eigenvalue weighted by Crippen LogP contribution is -2.32. The summed E-state index contributed by atoms with van der Waals surface area (Å²) in [6.07, 6.45) is 2.43. The van der Waals surface area contributed by atoms with Crippen LogP contribution in [0.2, 0.25) is 0 Å². The number of aliphatic hydroxyl groups excluding tert-OH is 1. The molecule has 1 aliphatic rings. The smallest absolute Gasteiger partial charge is 0.256 e. The lowest BCUT2D eigenvalue weighted by molar-refractivity contribution is 0.0953. The Balaban J connectivity index is 2.13. The molecule has 32 heavy (non-hydrogen) atoms. The summed E-state index contributed by atoms with van der Waals surface area (Å²) >= 11 is 0. The number of nitrogens with zero attached hydrogens (tertiary/aromatic N) is 1. The van der Waals surface area contributed by atoms with Crippen LogP contribution < -0.4 is 20.2 Å². The molecule has 0 radical (unpaired) electrons. The number of carbonyl (C=O) groups excluding carboxylic acids is 1. The summed E-state index contributed by atoms with van der Waals surface area (Å²) in [5.74, 6) is 1.11. The van der Waals surface area contributed by atoms with E-state index in [4.69, 9.17) is 9.47 Å². The first kappa shape index (κ1) is 23.9. The number of amides is 1. The van der Waals surface area contributed by atoms with Crippen LogP contribution in [0.15, 0.2) is 29.2 Å². The van der Waals surface area contributed by atoms with Crippen LogP contribution in [0.5, 0.6) is 11.5 Å². The molecule has 7 nitrogen and oxygen atoms in total. The van der Waals surface area contributed by atoms with Gasteiger partial charge in [-0.15, -0.1) is 0 Å². The quantitative estimate of drug-likeness (QED) is 0.654. The molecular weight excluding hydrogens is 408 g/mol. The molecule has 7 heteroatoms. The van der Waals surface area contributed by atoms with Gasteiger partial charge in [-0.3, -0.25) is 9.59 Å². The predicted octanol–water partition coefficient (Wildman–Crippen LogP) is 3.42. The highest BCUT2D eigenvalue weighted by Gasteiger charge is 2.29. The Morgan fingerprint density at radius 2 is 2.00 bits per heavy atom. The van der Waals surface area contributed by atoms with Crippen LogP contribution >= 0.6 is 0 Å². The third-order valence-electron chi connectivity index (χ3n) is 5.93. The highest BCUT2D eigenvalue weighted by molar-refractivity contribution is 5.94. The van der Waals surface area contributed by atoms with Gasteiger partial charge < -0.3 is 24.5 Å². The van der Waals surface area contributed by atoms with Crippen molar-refractivity contribution in [2.24, 2.45) is 11.3 Å². The number of rotatable bonds is 8. The highest BCUT2D eigenvalue weighted by atomic mass is 16.5. The van der Waals surface area contributed by atoms with Gasteiger partial charge in [-0.2, -0.15) is 0 Å². The van der Waals surface area contributed by atoms with Gasteiger partial charge >= 0.3 is 0 Å². The summed E-state index contributed by atoms with van der Waals surface area (Å²) in [5, 5.41) is 12.3. The molecule has 0 saturated carbocycles. The second kappa shape index (κ2) is 9.36. The molecule has 174 valence electrons. The fraction of sp³-hybridized carbons (Fsp3) is 0.520. The van der Waals surface area contributed by atoms with E-state index < -0.39 is 0 Å². The number of pyridine rings is 1. The highest BCUT2D eigenvalue weighted by Crippen LogP contribution is 2.43. The maximum atomic E-state index is 12.8. The third kappa shape index (κ3) is 4.67. The molecule has 0 spiro atoms. The Labute approximate surface area is 189 Å². The van der Waals surface area contributed by atoms with E-state index in [2.05, 4.69) is 19.2 Å². The molecule has 1 atom stereocenters. The zero-order valence-electron chi connectivity index (χ0n) is 19.8. The fourth-order valence-corrected chi connectivity index (χ4v) is 3.95. The number of nitrogens with one attached hydrogen (secondary N) is 1. The first-order valence-corrected chi connectivity index (χ1v) is 11.1. The van der Waals surface area contributed by atoms with Crippen molar-refractivity contribution < 1.29 is 19.4 Å². The van der Waals surface area contributed by atoms with Crippen molar-refractivity contribution in [1.82, 2.24) is 9.88 Å². The van der Waals surface area contributed by atoms with Gasteiger partial charge in [0.05, 0.1) is 26.0 Å². The van der Waals surface area contributed by atoms with Crippen LogP contribution in [0.25, 0.3) is 11.3 Å². The Hall–Kier alpha value is -2.80. The van der Waals surface area contributed by atoms with Gasteiger partial charge in [0.2, 0.25) is 0 Å². The van der Waals surface area contributed by atoms with Gasteiger partial charge in [0.15, 0.2) is 16.9 Å². The minimum absolute atomic E-state index is 0.0138. The number of benzene rings is 1.